The first-order valence-corrected chi connectivity index (χ1v) is 8.53. The Morgan fingerprint density at radius 2 is 1.25 bits per heavy atom. The molecule has 0 radical (unpaired) electrons. The number of imide groups is 1. The van der Waals surface area contributed by atoms with Gasteiger partial charge < -0.3 is 0 Å². The van der Waals surface area contributed by atoms with E-state index in [1.54, 1.807) is 0 Å². The van der Waals surface area contributed by atoms with Gasteiger partial charge in [-0.1, -0.05) is 65.2 Å². The van der Waals surface area contributed by atoms with Crippen molar-refractivity contribution in [2.24, 2.45) is 11.8 Å². The summed E-state index contributed by atoms with van der Waals surface area (Å²) in [7, 11) is 0. The van der Waals surface area contributed by atoms with Gasteiger partial charge in [-0.25, -0.2) is 0 Å². The summed E-state index contributed by atoms with van der Waals surface area (Å²) in [4.78, 5) is 23.7. The van der Waals surface area contributed by atoms with Gasteiger partial charge in [0, 0.05) is 11.8 Å². The highest BCUT2D eigenvalue weighted by molar-refractivity contribution is 5.99. The highest BCUT2D eigenvalue weighted by Crippen LogP contribution is 2.27. The van der Waals surface area contributed by atoms with Gasteiger partial charge in [0.05, 0.1) is 0 Å². The molecule has 1 N–H and O–H groups in total. The maximum Gasteiger partial charge on any atom is 0.229 e. The highest BCUT2D eigenvalue weighted by Gasteiger charge is 2.33. The minimum absolute atomic E-state index is 0.0312. The number of carbonyl (C=O) groups excluding carboxylic acids is 2. The summed E-state index contributed by atoms with van der Waals surface area (Å²) >= 11 is 0. The Hall–Kier alpha value is -0.860. The van der Waals surface area contributed by atoms with Crippen molar-refractivity contribution in [3.8, 4) is 0 Å². The second-order valence-electron chi connectivity index (χ2n) is 6.18. The molecule has 1 saturated heterocycles. The average molecular weight is 281 g/mol. The molecular formula is C17H31NO2. The van der Waals surface area contributed by atoms with E-state index in [0.717, 1.165) is 32.1 Å². The van der Waals surface area contributed by atoms with Crippen molar-refractivity contribution in [1.82, 2.24) is 5.32 Å². The van der Waals surface area contributed by atoms with Gasteiger partial charge in [0.15, 0.2) is 0 Å². The van der Waals surface area contributed by atoms with Gasteiger partial charge in [-0.15, -0.1) is 0 Å². The third-order valence-electron chi connectivity index (χ3n) is 4.37. The molecule has 3 heteroatoms. The lowest BCUT2D eigenvalue weighted by Gasteiger charge is -2.27. The van der Waals surface area contributed by atoms with E-state index in [-0.39, 0.29) is 23.7 Å². The van der Waals surface area contributed by atoms with E-state index in [2.05, 4.69) is 19.2 Å². The summed E-state index contributed by atoms with van der Waals surface area (Å²) in [6.07, 6.45) is 12.2. The van der Waals surface area contributed by atoms with Crippen LogP contribution >= 0.6 is 0 Å². The van der Waals surface area contributed by atoms with Gasteiger partial charge in [0.1, 0.15) is 0 Å². The monoisotopic (exact) mass is 281 g/mol. The molecule has 2 amide bonds. The lowest BCUT2D eigenvalue weighted by molar-refractivity contribution is -0.140. The second-order valence-corrected chi connectivity index (χ2v) is 6.18. The van der Waals surface area contributed by atoms with Crippen LogP contribution in [0.2, 0.25) is 0 Å². The Morgan fingerprint density at radius 3 is 1.65 bits per heavy atom. The minimum atomic E-state index is -0.0312. The number of unbranched alkanes of at least 4 members (excludes halogenated alkanes) is 6. The number of amides is 2. The lowest BCUT2D eigenvalue weighted by Crippen LogP contribution is -2.46. The van der Waals surface area contributed by atoms with Crippen molar-refractivity contribution >= 4 is 11.8 Å². The van der Waals surface area contributed by atoms with Crippen LogP contribution < -0.4 is 5.32 Å². The van der Waals surface area contributed by atoms with Crippen LogP contribution in [0.15, 0.2) is 0 Å². The molecule has 0 spiro atoms. The smallest absolute Gasteiger partial charge is 0.229 e. The SMILES string of the molecule is CCCCCCC1CC(CCCCCC)C(=O)NC1=O. The summed E-state index contributed by atoms with van der Waals surface area (Å²) in [6, 6.07) is 0. The average Bonchev–Trinajstić information content (AvgIpc) is 2.43. The van der Waals surface area contributed by atoms with E-state index in [1.165, 1.54) is 38.5 Å². The molecule has 20 heavy (non-hydrogen) atoms. The van der Waals surface area contributed by atoms with Crippen molar-refractivity contribution in [1.29, 1.82) is 0 Å². The zero-order chi connectivity index (χ0) is 14.8. The molecule has 0 aromatic rings. The quantitative estimate of drug-likeness (QED) is 0.481. The first kappa shape index (κ1) is 17.2. The molecule has 0 aliphatic carbocycles. The summed E-state index contributed by atoms with van der Waals surface area (Å²) in [5, 5.41) is 2.58. The van der Waals surface area contributed by atoms with Gasteiger partial charge in [-0.3, -0.25) is 14.9 Å². The molecule has 1 aliphatic heterocycles. The lowest BCUT2D eigenvalue weighted by atomic mass is 9.83. The first-order valence-electron chi connectivity index (χ1n) is 8.53. The fraction of sp³-hybridized carbons (Fsp3) is 0.882. The highest BCUT2D eigenvalue weighted by atomic mass is 16.2. The van der Waals surface area contributed by atoms with Crippen molar-refractivity contribution in [2.45, 2.75) is 84.5 Å². The first-order chi connectivity index (χ1) is 9.69. The van der Waals surface area contributed by atoms with E-state index in [0.29, 0.717) is 0 Å². The molecule has 0 bridgehead atoms. The fourth-order valence-corrected chi connectivity index (χ4v) is 3.02. The number of hydrogen-bond donors (Lipinski definition) is 1. The molecule has 1 rings (SSSR count). The van der Waals surface area contributed by atoms with Crippen molar-refractivity contribution in [2.75, 3.05) is 0 Å². The van der Waals surface area contributed by atoms with Gasteiger partial charge in [-0.2, -0.15) is 0 Å². The fourth-order valence-electron chi connectivity index (χ4n) is 3.02. The number of rotatable bonds is 10. The molecule has 2 atom stereocenters. The van der Waals surface area contributed by atoms with Crippen LogP contribution in [0.4, 0.5) is 0 Å². The minimum Gasteiger partial charge on any atom is -0.296 e. The second kappa shape index (κ2) is 9.95. The Morgan fingerprint density at radius 1 is 0.800 bits per heavy atom. The molecule has 2 unspecified atom stereocenters. The zero-order valence-electron chi connectivity index (χ0n) is 13.2. The van der Waals surface area contributed by atoms with E-state index in [1.807, 2.05) is 0 Å². The summed E-state index contributed by atoms with van der Waals surface area (Å²) in [6.45, 7) is 4.39. The zero-order valence-corrected chi connectivity index (χ0v) is 13.2. The normalized spacial score (nSPS) is 22.9. The Balaban J connectivity index is 2.32. The topological polar surface area (TPSA) is 46.2 Å². The maximum atomic E-state index is 11.9. The third kappa shape index (κ3) is 6.06. The molecule has 1 fully saturated rings. The summed E-state index contributed by atoms with van der Waals surface area (Å²) in [5.41, 5.74) is 0. The van der Waals surface area contributed by atoms with Gasteiger partial charge >= 0.3 is 0 Å². The van der Waals surface area contributed by atoms with Crippen LogP contribution in [0.5, 0.6) is 0 Å². The van der Waals surface area contributed by atoms with Crippen LogP contribution in [-0.4, -0.2) is 11.8 Å². The van der Waals surface area contributed by atoms with E-state index in [9.17, 15) is 9.59 Å². The van der Waals surface area contributed by atoms with Crippen LogP contribution in [0, 0.1) is 11.8 Å². The Bertz CT molecular complexity index is 273. The van der Waals surface area contributed by atoms with E-state index in [4.69, 9.17) is 0 Å². The Kier molecular flexibility index (Phi) is 8.56. The Labute approximate surface area is 123 Å². The molecular weight excluding hydrogens is 250 g/mol. The van der Waals surface area contributed by atoms with Crippen molar-refractivity contribution in [3.63, 3.8) is 0 Å². The maximum absolute atomic E-state index is 11.9. The molecule has 116 valence electrons. The summed E-state index contributed by atoms with van der Waals surface area (Å²) < 4.78 is 0. The predicted octanol–water partition coefficient (Wildman–Crippen LogP) is 4.21. The van der Waals surface area contributed by atoms with E-state index < -0.39 is 0 Å². The molecule has 1 aliphatic rings. The van der Waals surface area contributed by atoms with Crippen LogP contribution in [0.25, 0.3) is 0 Å². The van der Waals surface area contributed by atoms with E-state index >= 15 is 0 Å². The van der Waals surface area contributed by atoms with Crippen molar-refractivity contribution < 1.29 is 9.59 Å². The van der Waals surface area contributed by atoms with Crippen LogP contribution in [-0.2, 0) is 9.59 Å². The number of hydrogen-bond acceptors (Lipinski definition) is 2. The van der Waals surface area contributed by atoms with Crippen molar-refractivity contribution in [3.05, 3.63) is 0 Å². The van der Waals surface area contributed by atoms with Crippen LogP contribution in [0.3, 0.4) is 0 Å². The number of carbonyl (C=O) groups is 2. The van der Waals surface area contributed by atoms with Crippen LogP contribution in [0.1, 0.15) is 84.5 Å². The van der Waals surface area contributed by atoms with Gasteiger partial charge in [0.25, 0.3) is 0 Å². The standard InChI is InChI=1S/C17H31NO2/c1-3-5-7-9-11-14-13-15(12-10-8-6-4-2)17(20)18-16(14)19/h14-15H,3-13H2,1-2H3,(H,18,19,20). The largest absolute Gasteiger partial charge is 0.296 e. The summed E-state index contributed by atoms with van der Waals surface area (Å²) in [5.74, 6) is 0.0778. The molecule has 1 heterocycles. The molecule has 0 aromatic carbocycles. The molecule has 3 nitrogen and oxygen atoms in total. The number of piperidine rings is 1. The number of nitrogens with one attached hydrogen (secondary N) is 1. The molecule has 0 saturated carbocycles. The predicted molar refractivity (Wildman–Crippen MR) is 82.3 cm³/mol. The van der Waals surface area contributed by atoms with Gasteiger partial charge in [0.2, 0.25) is 11.8 Å². The third-order valence-corrected chi connectivity index (χ3v) is 4.37. The van der Waals surface area contributed by atoms with Gasteiger partial charge in [-0.05, 0) is 19.3 Å². The molecule has 0 aromatic heterocycles.